The highest BCUT2D eigenvalue weighted by Gasteiger charge is 2.13. The van der Waals surface area contributed by atoms with Crippen LogP contribution >= 0.6 is 11.3 Å². The lowest BCUT2D eigenvalue weighted by Crippen LogP contribution is -2.23. The number of aromatic nitrogens is 3. The summed E-state index contributed by atoms with van der Waals surface area (Å²) in [5, 5.41) is 4.42. The molecule has 0 bridgehead atoms. The van der Waals surface area contributed by atoms with Gasteiger partial charge in [0.2, 0.25) is 4.96 Å². The second-order valence-electron chi connectivity index (χ2n) is 7.99. The van der Waals surface area contributed by atoms with Gasteiger partial charge in [0.15, 0.2) is 17.3 Å². The number of methoxy groups -OCH3 is 1. The Morgan fingerprint density at radius 3 is 2.60 bits per heavy atom. The van der Waals surface area contributed by atoms with Crippen LogP contribution in [0.4, 0.5) is 0 Å². The predicted molar refractivity (Wildman–Crippen MR) is 140 cm³/mol. The number of rotatable bonds is 12. The zero-order valence-corrected chi connectivity index (χ0v) is 20.8. The molecule has 35 heavy (non-hydrogen) atoms. The largest absolute Gasteiger partial charge is 0.493 e. The zero-order valence-electron chi connectivity index (χ0n) is 20.0. The first kappa shape index (κ1) is 24.5. The summed E-state index contributed by atoms with van der Waals surface area (Å²) in [7, 11) is 1.62. The van der Waals surface area contributed by atoms with Crippen LogP contribution in [0.1, 0.15) is 38.2 Å². The molecule has 0 saturated carbocycles. The molecule has 182 valence electrons. The molecule has 8 heteroatoms. The van der Waals surface area contributed by atoms with Crippen LogP contribution in [0.2, 0.25) is 0 Å². The van der Waals surface area contributed by atoms with E-state index >= 15 is 0 Å². The van der Waals surface area contributed by atoms with Crippen molar-refractivity contribution in [1.29, 1.82) is 0 Å². The molecule has 0 saturated heterocycles. The molecule has 0 amide bonds. The third kappa shape index (κ3) is 5.89. The Hall–Kier alpha value is -3.65. The number of hydrogen-bond acceptors (Lipinski definition) is 7. The van der Waals surface area contributed by atoms with E-state index in [9.17, 15) is 4.79 Å². The summed E-state index contributed by atoms with van der Waals surface area (Å²) in [6.45, 7) is 6.93. The summed E-state index contributed by atoms with van der Waals surface area (Å²) in [4.78, 5) is 18.0. The fourth-order valence-electron chi connectivity index (χ4n) is 3.57. The molecule has 0 radical (unpaired) electrons. The van der Waals surface area contributed by atoms with Crippen LogP contribution < -0.4 is 24.3 Å². The summed E-state index contributed by atoms with van der Waals surface area (Å²) in [6, 6.07) is 13.1. The fraction of sp³-hybridized carbons (Fsp3) is 0.296. The topological polar surface area (TPSA) is 75.0 Å². The number of fused-ring (bicyclic) bond motifs is 1. The highest BCUT2D eigenvalue weighted by atomic mass is 32.1. The quantitative estimate of drug-likeness (QED) is 0.207. The summed E-state index contributed by atoms with van der Waals surface area (Å²) >= 11 is 1.30. The minimum absolute atomic E-state index is 0.204. The third-order valence-electron chi connectivity index (χ3n) is 5.40. The summed E-state index contributed by atoms with van der Waals surface area (Å²) < 4.78 is 18.8. The number of ether oxygens (including phenoxy) is 3. The van der Waals surface area contributed by atoms with Crippen LogP contribution in [0.15, 0.2) is 59.9 Å². The molecule has 2 aromatic heterocycles. The SMILES string of the molecule is C=CCOc1ccc(-c2nc3s/c(=C/c4ccc(OCCCCCC)c(OC)c4)c(=O)n3n2)cc1. The minimum atomic E-state index is -0.204. The normalized spacial score (nSPS) is 11.7. The molecule has 4 rings (SSSR count). The van der Waals surface area contributed by atoms with Gasteiger partial charge in [-0.15, -0.1) is 5.10 Å². The first-order valence-electron chi connectivity index (χ1n) is 11.7. The fourth-order valence-corrected chi connectivity index (χ4v) is 4.47. The van der Waals surface area contributed by atoms with Crippen LogP contribution in [0.25, 0.3) is 22.4 Å². The van der Waals surface area contributed by atoms with Crippen molar-refractivity contribution in [2.45, 2.75) is 32.6 Å². The molecule has 2 aromatic carbocycles. The van der Waals surface area contributed by atoms with Crippen LogP contribution in [0.5, 0.6) is 17.2 Å². The minimum Gasteiger partial charge on any atom is -0.493 e. The van der Waals surface area contributed by atoms with E-state index in [0.717, 1.165) is 29.7 Å². The van der Waals surface area contributed by atoms with Crippen molar-refractivity contribution < 1.29 is 14.2 Å². The van der Waals surface area contributed by atoms with Crippen molar-refractivity contribution in [2.24, 2.45) is 0 Å². The van der Waals surface area contributed by atoms with Crippen molar-refractivity contribution in [2.75, 3.05) is 20.3 Å². The molecule has 0 N–H and O–H groups in total. The van der Waals surface area contributed by atoms with Gasteiger partial charge >= 0.3 is 0 Å². The number of hydrogen-bond donors (Lipinski definition) is 0. The van der Waals surface area contributed by atoms with E-state index in [1.54, 1.807) is 13.2 Å². The van der Waals surface area contributed by atoms with Crippen molar-refractivity contribution in [3.8, 4) is 28.6 Å². The predicted octanol–water partition coefficient (Wildman–Crippen LogP) is 4.90. The Bertz CT molecular complexity index is 1390. The molecule has 2 heterocycles. The number of benzene rings is 2. The van der Waals surface area contributed by atoms with Crippen molar-refractivity contribution in [3.63, 3.8) is 0 Å². The van der Waals surface area contributed by atoms with Gasteiger partial charge < -0.3 is 14.2 Å². The second-order valence-corrected chi connectivity index (χ2v) is 9.00. The van der Waals surface area contributed by atoms with Gasteiger partial charge in [-0.05, 0) is 54.5 Å². The highest BCUT2D eigenvalue weighted by Crippen LogP contribution is 2.28. The van der Waals surface area contributed by atoms with E-state index in [1.165, 1.54) is 28.7 Å². The molecular formula is C27H29N3O4S. The number of thiazole rings is 1. The molecule has 0 aliphatic heterocycles. The lowest BCUT2D eigenvalue weighted by molar-refractivity contribution is 0.285. The Labute approximate surface area is 208 Å². The van der Waals surface area contributed by atoms with Crippen LogP contribution in [0.3, 0.4) is 0 Å². The van der Waals surface area contributed by atoms with Crippen LogP contribution in [-0.4, -0.2) is 34.9 Å². The molecule has 0 aliphatic rings. The summed E-state index contributed by atoms with van der Waals surface area (Å²) in [5.74, 6) is 2.58. The molecule has 0 fully saturated rings. The van der Waals surface area contributed by atoms with Gasteiger partial charge in [-0.1, -0.05) is 56.2 Å². The van der Waals surface area contributed by atoms with Gasteiger partial charge in [-0.3, -0.25) is 4.79 Å². The molecule has 0 spiro atoms. The summed E-state index contributed by atoms with van der Waals surface area (Å²) in [6.07, 6.45) is 8.09. The van der Waals surface area contributed by atoms with Gasteiger partial charge in [0.25, 0.3) is 5.56 Å². The molecule has 4 aromatic rings. The number of nitrogens with zero attached hydrogens (tertiary/aromatic N) is 3. The van der Waals surface area contributed by atoms with Gasteiger partial charge in [-0.25, -0.2) is 0 Å². The molecule has 0 unspecified atom stereocenters. The van der Waals surface area contributed by atoms with Gasteiger partial charge in [0, 0.05) is 5.56 Å². The van der Waals surface area contributed by atoms with Crippen molar-refractivity contribution in [1.82, 2.24) is 14.6 Å². The average Bonchev–Trinajstić information content (AvgIpc) is 3.42. The van der Waals surface area contributed by atoms with E-state index < -0.39 is 0 Å². The third-order valence-corrected chi connectivity index (χ3v) is 6.36. The summed E-state index contributed by atoms with van der Waals surface area (Å²) in [5.41, 5.74) is 1.45. The Balaban J connectivity index is 1.53. The number of unbranched alkanes of at least 4 members (excludes halogenated alkanes) is 3. The van der Waals surface area contributed by atoms with Crippen molar-refractivity contribution in [3.05, 3.63) is 75.6 Å². The van der Waals surface area contributed by atoms with E-state index in [1.807, 2.05) is 48.5 Å². The lowest BCUT2D eigenvalue weighted by Gasteiger charge is -2.11. The van der Waals surface area contributed by atoms with Gasteiger partial charge in [0.05, 0.1) is 18.2 Å². The van der Waals surface area contributed by atoms with Gasteiger partial charge in [-0.2, -0.15) is 9.50 Å². The highest BCUT2D eigenvalue weighted by molar-refractivity contribution is 7.15. The first-order chi connectivity index (χ1) is 17.1. The first-order valence-corrected chi connectivity index (χ1v) is 12.5. The maximum atomic E-state index is 13.0. The molecular weight excluding hydrogens is 462 g/mol. The van der Waals surface area contributed by atoms with E-state index in [4.69, 9.17) is 14.2 Å². The maximum absolute atomic E-state index is 13.0. The van der Waals surface area contributed by atoms with Crippen molar-refractivity contribution >= 4 is 22.4 Å². The Morgan fingerprint density at radius 2 is 1.89 bits per heavy atom. The average molecular weight is 492 g/mol. The molecule has 0 aliphatic carbocycles. The van der Waals surface area contributed by atoms with E-state index in [0.29, 0.717) is 40.0 Å². The monoisotopic (exact) mass is 491 g/mol. The Morgan fingerprint density at radius 1 is 1.06 bits per heavy atom. The Kier molecular flexibility index (Phi) is 8.15. The molecule has 0 atom stereocenters. The van der Waals surface area contributed by atoms with Crippen LogP contribution in [0, 0.1) is 0 Å². The maximum Gasteiger partial charge on any atom is 0.291 e. The van der Waals surface area contributed by atoms with Crippen LogP contribution in [-0.2, 0) is 0 Å². The molecule has 7 nitrogen and oxygen atoms in total. The standard InChI is InChI=1S/C27H29N3O4S/c1-4-6-7-8-16-34-22-14-9-19(17-23(22)32-3)18-24-26(31)30-27(35-24)28-25(29-30)20-10-12-21(13-11-20)33-15-5-2/h5,9-14,17-18H,2,4,6-8,15-16H2,1,3H3/b24-18+. The smallest absolute Gasteiger partial charge is 0.291 e. The lowest BCUT2D eigenvalue weighted by atomic mass is 10.2. The van der Waals surface area contributed by atoms with Gasteiger partial charge in [0.1, 0.15) is 12.4 Å². The zero-order chi connectivity index (χ0) is 24.6. The second kappa shape index (κ2) is 11.7. The van der Waals surface area contributed by atoms with E-state index in [-0.39, 0.29) is 5.56 Å². The van der Waals surface area contributed by atoms with E-state index in [2.05, 4.69) is 23.6 Å².